The number of allylic oxidation sites excluding steroid dienone is 1. The lowest BCUT2D eigenvalue weighted by Gasteiger charge is -2.16. The lowest BCUT2D eigenvalue weighted by Crippen LogP contribution is -2.28. The van der Waals surface area contributed by atoms with Gasteiger partial charge < -0.3 is 5.32 Å². The van der Waals surface area contributed by atoms with Gasteiger partial charge in [-0.25, -0.2) is 9.97 Å². The lowest BCUT2D eigenvalue weighted by molar-refractivity contribution is -0.137. The van der Waals surface area contributed by atoms with Gasteiger partial charge in [0.25, 0.3) is 11.9 Å². The van der Waals surface area contributed by atoms with Gasteiger partial charge in [-0.3, -0.25) is 4.79 Å². The summed E-state index contributed by atoms with van der Waals surface area (Å²) in [4.78, 5) is 20.9. The molecular formula is C19H16ClF3N6O. The average molecular weight is 437 g/mol. The number of halogens is 4. The molecule has 2 heterocycles. The molecule has 0 fully saturated rings. The molecule has 1 N–H and O–H groups in total. The minimum Gasteiger partial charge on any atom is -0.344 e. The van der Waals surface area contributed by atoms with Crippen LogP contribution in [-0.2, 0) is 12.6 Å². The summed E-state index contributed by atoms with van der Waals surface area (Å²) in [5, 5.41) is 10.1. The smallest absolute Gasteiger partial charge is 0.344 e. The van der Waals surface area contributed by atoms with Gasteiger partial charge in [0, 0.05) is 18.8 Å². The zero-order chi connectivity index (χ0) is 21.9. The van der Waals surface area contributed by atoms with Crippen LogP contribution in [0.5, 0.6) is 0 Å². The van der Waals surface area contributed by atoms with Crippen molar-refractivity contribution >= 4 is 17.5 Å². The third-order valence-corrected chi connectivity index (χ3v) is 4.59. The minimum atomic E-state index is -4.67. The van der Waals surface area contributed by atoms with E-state index in [4.69, 9.17) is 11.6 Å². The first-order valence-corrected chi connectivity index (χ1v) is 9.11. The molecule has 30 heavy (non-hydrogen) atoms. The third kappa shape index (κ3) is 4.33. The number of carbonyl (C=O) groups excluding carboxylic acids is 1. The Hall–Kier alpha value is -3.27. The van der Waals surface area contributed by atoms with Crippen molar-refractivity contribution in [1.82, 2.24) is 30.3 Å². The van der Waals surface area contributed by atoms with E-state index in [1.807, 2.05) is 0 Å². The summed E-state index contributed by atoms with van der Waals surface area (Å²) >= 11 is 5.84. The van der Waals surface area contributed by atoms with Crippen LogP contribution in [0.25, 0.3) is 5.95 Å². The Morgan fingerprint density at radius 1 is 1.30 bits per heavy atom. The number of nitrogens with one attached hydrogen (secondary N) is 1. The number of benzene rings is 1. The Bertz CT molecular complexity index is 1070. The number of amides is 1. The second-order valence-electron chi connectivity index (χ2n) is 6.23. The Morgan fingerprint density at radius 3 is 2.63 bits per heavy atom. The summed E-state index contributed by atoms with van der Waals surface area (Å²) < 4.78 is 40.6. The first-order valence-electron chi connectivity index (χ1n) is 8.73. The molecule has 0 saturated heterocycles. The predicted octanol–water partition coefficient (Wildman–Crippen LogP) is 3.95. The maximum Gasteiger partial charge on any atom is 0.417 e. The van der Waals surface area contributed by atoms with E-state index in [0.717, 1.165) is 12.1 Å². The summed E-state index contributed by atoms with van der Waals surface area (Å²) in [5.41, 5.74) is -0.385. The predicted molar refractivity (Wildman–Crippen MR) is 103 cm³/mol. The molecule has 0 aliphatic carbocycles. The fraction of sp³-hybridized carbons (Fsp3) is 0.211. The number of hydrogen-bond donors (Lipinski definition) is 1. The average Bonchev–Trinajstić information content (AvgIpc) is 3.12. The van der Waals surface area contributed by atoms with Crippen molar-refractivity contribution in [3.63, 3.8) is 0 Å². The zero-order valence-electron chi connectivity index (χ0n) is 15.7. The standard InChI is InChI=1S/C19H16ClF3N6O/c1-3-6-14-16(27-28-29(14)18-24-9-5-10-25-18)11(2)26-17(30)12-7-4-8-13(15(12)20)19(21,22)23/h3-5,7-11H,1,6H2,2H3,(H,26,30)/t11-/m0/s1. The van der Waals surface area contributed by atoms with Gasteiger partial charge in [0.2, 0.25) is 0 Å². The van der Waals surface area contributed by atoms with Gasteiger partial charge in [-0.05, 0) is 25.1 Å². The van der Waals surface area contributed by atoms with Crippen LogP contribution in [0.1, 0.15) is 40.3 Å². The summed E-state index contributed by atoms with van der Waals surface area (Å²) in [5.74, 6) is -0.485. The van der Waals surface area contributed by atoms with Crippen molar-refractivity contribution in [2.45, 2.75) is 25.6 Å². The van der Waals surface area contributed by atoms with Crippen LogP contribution in [0.15, 0.2) is 49.3 Å². The third-order valence-electron chi connectivity index (χ3n) is 4.18. The summed E-state index contributed by atoms with van der Waals surface area (Å²) in [6, 6.07) is 4.13. The summed E-state index contributed by atoms with van der Waals surface area (Å²) in [7, 11) is 0. The van der Waals surface area contributed by atoms with Crippen LogP contribution in [0.4, 0.5) is 13.2 Å². The monoisotopic (exact) mass is 436 g/mol. The molecule has 3 aromatic rings. The summed E-state index contributed by atoms with van der Waals surface area (Å²) in [6.07, 6.45) is 0.393. The molecule has 0 aliphatic heterocycles. The number of nitrogens with zero attached hydrogens (tertiary/aromatic N) is 5. The van der Waals surface area contributed by atoms with E-state index in [0.29, 0.717) is 17.8 Å². The van der Waals surface area contributed by atoms with Crippen molar-refractivity contribution in [3.05, 3.63) is 76.9 Å². The molecule has 1 atom stereocenters. The highest BCUT2D eigenvalue weighted by Crippen LogP contribution is 2.36. The Labute approximate surface area is 174 Å². The molecule has 7 nitrogen and oxygen atoms in total. The van der Waals surface area contributed by atoms with Crippen LogP contribution in [0.2, 0.25) is 5.02 Å². The van der Waals surface area contributed by atoms with Gasteiger partial charge in [0.05, 0.1) is 27.9 Å². The van der Waals surface area contributed by atoms with Crippen LogP contribution in [-0.4, -0.2) is 30.9 Å². The largest absolute Gasteiger partial charge is 0.417 e. The van der Waals surface area contributed by atoms with Crippen LogP contribution >= 0.6 is 11.6 Å². The summed E-state index contributed by atoms with van der Waals surface area (Å²) in [6.45, 7) is 5.33. The molecule has 2 aromatic heterocycles. The molecule has 1 aromatic carbocycles. The van der Waals surface area contributed by atoms with Crippen molar-refractivity contribution < 1.29 is 18.0 Å². The second-order valence-corrected chi connectivity index (χ2v) is 6.61. The van der Waals surface area contributed by atoms with Crippen LogP contribution in [0, 0.1) is 0 Å². The maximum absolute atomic E-state index is 13.1. The quantitative estimate of drug-likeness (QED) is 0.591. The second kappa shape index (κ2) is 8.62. The van der Waals surface area contributed by atoms with Crippen molar-refractivity contribution in [3.8, 4) is 5.95 Å². The topological polar surface area (TPSA) is 85.6 Å². The molecule has 0 aliphatic rings. The number of carbonyl (C=O) groups is 1. The number of alkyl halides is 3. The Balaban J connectivity index is 1.90. The van der Waals surface area contributed by atoms with Crippen molar-refractivity contribution in [2.75, 3.05) is 0 Å². The number of rotatable bonds is 6. The molecule has 3 rings (SSSR count). The number of hydrogen-bond acceptors (Lipinski definition) is 5. The number of aromatic nitrogens is 5. The van der Waals surface area contributed by atoms with Gasteiger partial charge in [-0.2, -0.15) is 17.9 Å². The van der Waals surface area contributed by atoms with Gasteiger partial charge in [-0.15, -0.1) is 11.7 Å². The van der Waals surface area contributed by atoms with Gasteiger partial charge in [-0.1, -0.05) is 29.0 Å². The molecule has 156 valence electrons. The van der Waals surface area contributed by atoms with Crippen LogP contribution < -0.4 is 5.32 Å². The minimum absolute atomic E-state index is 0.285. The SMILES string of the molecule is C=CCc1c([C@H](C)NC(=O)c2cccc(C(F)(F)F)c2Cl)nnn1-c1ncccn1. The fourth-order valence-corrected chi connectivity index (χ4v) is 3.13. The van der Waals surface area contributed by atoms with Crippen molar-refractivity contribution in [1.29, 1.82) is 0 Å². The van der Waals surface area contributed by atoms with Gasteiger partial charge in [0.15, 0.2) is 0 Å². The van der Waals surface area contributed by atoms with E-state index in [1.54, 1.807) is 31.5 Å². The molecule has 0 radical (unpaired) electrons. The molecule has 0 unspecified atom stereocenters. The molecular weight excluding hydrogens is 421 g/mol. The highest BCUT2D eigenvalue weighted by Gasteiger charge is 2.35. The highest BCUT2D eigenvalue weighted by atomic mass is 35.5. The Kier molecular flexibility index (Phi) is 6.16. The van der Waals surface area contributed by atoms with E-state index < -0.39 is 28.7 Å². The Morgan fingerprint density at radius 2 is 2.00 bits per heavy atom. The molecule has 0 saturated carbocycles. The van der Waals surface area contributed by atoms with E-state index in [-0.39, 0.29) is 11.5 Å². The fourth-order valence-electron chi connectivity index (χ4n) is 2.81. The van der Waals surface area contributed by atoms with Crippen LogP contribution in [0.3, 0.4) is 0 Å². The van der Waals surface area contributed by atoms with E-state index in [2.05, 4.69) is 32.2 Å². The zero-order valence-corrected chi connectivity index (χ0v) is 16.4. The maximum atomic E-state index is 13.1. The van der Waals surface area contributed by atoms with Gasteiger partial charge in [0.1, 0.15) is 5.69 Å². The molecule has 0 bridgehead atoms. The molecule has 0 spiro atoms. The normalized spacial score (nSPS) is 12.4. The van der Waals surface area contributed by atoms with E-state index in [1.165, 1.54) is 10.7 Å². The first-order chi connectivity index (χ1) is 14.2. The van der Waals surface area contributed by atoms with Gasteiger partial charge >= 0.3 is 6.18 Å². The highest BCUT2D eigenvalue weighted by molar-refractivity contribution is 6.34. The first kappa shape index (κ1) is 21.4. The molecule has 11 heteroatoms. The lowest BCUT2D eigenvalue weighted by atomic mass is 10.1. The molecule has 1 amide bonds. The van der Waals surface area contributed by atoms with Crippen molar-refractivity contribution in [2.24, 2.45) is 0 Å². The van der Waals surface area contributed by atoms with E-state index in [9.17, 15) is 18.0 Å². The van der Waals surface area contributed by atoms with E-state index >= 15 is 0 Å².